The minimum Gasteiger partial charge on any atom is -1.00 e. The number of unbranched alkanes of at least 4 members (excludes halogenated alkanes) is 7. The van der Waals surface area contributed by atoms with Gasteiger partial charge in [-0.25, -0.2) is 0 Å². The first-order valence-electron chi connectivity index (χ1n) is 8.08. The van der Waals surface area contributed by atoms with Gasteiger partial charge in [-0.2, -0.15) is 0 Å². The van der Waals surface area contributed by atoms with E-state index < -0.39 is 0 Å². The Bertz CT molecular complexity index is 296. The Balaban J connectivity index is 0. The Morgan fingerprint density at radius 1 is 0.762 bits per heavy atom. The lowest BCUT2D eigenvalue weighted by atomic mass is 10.1. The molecule has 4 heteroatoms. The van der Waals surface area contributed by atoms with Crippen molar-refractivity contribution in [2.24, 2.45) is 0 Å². The first-order chi connectivity index (χ1) is 9.43. The molecule has 0 aliphatic rings. The zero-order valence-electron chi connectivity index (χ0n) is 13.2. The fourth-order valence-electron chi connectivity index (χ4n) is 2.41. The number of halogens is 2. The second kappa shape index (κ2) is 18.0. The van der Waals surface area contributed by atoms with Crippen molar-refractivity contribution in [3.8, 4) is 0 Å². The van der Waals surface area contributed by atoms with Gasteiger partial charge in [-0.05, 0) is 25.7 Å². The van der Waals surface area contributed by atoms with Crippen molar-refractivity contribution in [2.75, 3.05) is 13.1 Å². The Morgan fingerprint density at radius 3 is 1.86 bits per heavy atom. The van der Waals surface area contributed by atoms with Gasteiger partial charge in [0.05, 0.1) is 13.1 Å². The van der Waals surface area contributed by atoms with Gasteiger partial charge < -0.3 is 40.4 Å². The molecule has 0 fully saturated rings. The van der Waals surface area contributed by atoms with Crippen molar-refractivity contribution in [1.82, 2.24) is 0 Å². The van der Waals surface area contributed by atoms with Gasteiger partial charge >= 0.3 is 0 Å². The van der Waals surface area contributed by atoms with Crippen molar-refractivity contribution in [3.63, 3.8) is 0 Å². The summed E-state index contributed by atoms with van der Waals surface area (Å²) in [5.41, 5.74) is 5.32. The van der Waals surface area contributed by atoms with Crippen LogP contribution in [0.15, 0.2) is 30.3 Å². The number of hydrogen-bond acceptors (Lipinski definition) is 0. The molecule has 0 saturated carbocycles. The molecule has 0 unspecified atom stereocenters. The van der Waals surface area contributed by atoms with E-state index in [-0.39, 0.29) is 29.4 Å². The van der Waals surface area contributed by atoms with Gasteiger partial charge in [0.2, 0.25) is 0 Å². The molecular formula is C17H32BrClN2. The molecule has 2 nitrogen and oxygen atoms in total. The molecule has 124 valence electrons. The Kier molecular flexibility index (Phi) is 19.8. The van der Waals surface area contributed by atoms with E-state index in [9.17, 15) is 0 Å². The molecule has 0 aliphatic carbocycles. The molecule has 0 atom stereocenters. The third-order valence-corrected chi connectivity index (χ3v) is 3.63. The van der Waals surface area contributed by atoms with Gasteiger partial charge in [0.25, 0.3) is 0 Å². The lowest BCUT2D eigenvalue weighted by Crippen LogP contribution is -3.00. The zero-order chi connectivity index (χ0) is 13.6. The summed E-state index contributed by atoms with van der Waals surface area (Å²) in [4.78, 5) is 0. The molecule has 0 amide bonds. The molecule has 0 saturated heterocycles. The summed E-state index contributed by atoms with van der Waals surface area (Å²) in [5, 5.41) is 2.43. The molecule has 1 aromatic rings. The zero-order valence-corrected chi connectivity index (χ0v) is 15.5. The SMILES string of the molecule is [Br-].[Cl-].[NH3+]CCCCCCCCCC[NH2+]Cc1ccccc1. The maximum atomic E-state index is 3.88. The second-order valence-corrected chi connectivity index (χ2v) is 5.45. The van der Waals surface area contributed by atoms with Crippen molar-refractivity contribution in [3.05, 3.63) is 35.9 Å². The van der Waals surface area contributed by atoms with E-state index in [4.69, 9.17) is 0 Å². The van der Waals surface area contributed by atoms with Gasteiger partial charge in [-0.15, -0.1) is 0 Å². The van der Waals surface area contributed by atoms with E-state index in [2.05, 4.69) is 41.4 Å². The molecule has 5 N–H and O–H groups in total. The average Bonchev–Trinajstić information content (AvgIpc) is 2.46. The largest absolute Gasteiger partial charge is 1.00 e. The summed E-state index contributed by atoms with van der Waals surface area (Å²) in [5.74, 6) is 0. The highest BCUT2D eigenvalue weighted by molar-refractivity contribution is 5.12. The Morgan fingerprint density at radius 2 is 1.29 bits per heavy atom. The number of quaternary nitrogens is 2. The van der Waals surface area contributed by atoms with Crippen LogP contribution in [0.4, 0.5) is 0 Å². The first kappa shape index (κ1) is 23.2. The molecule has 1 rings (SSSR count). The highest BCUT2D eigenvalue weighted by Gasteiger charge is 1.95. The van der Waals surface area contributed by atoms with Crippen LogP contribution in [0.3, 0.4) is 0 Å². The van der Waals surface area contributed by atoms with E-state index in [1.807, 2.05) is 0 Å². The topological polar surface area (TPSA) is 44.2 Å². The van der Waals surface area contributed by atoms with E-state index >= 15 is 0 Å². The molecular weight excluding hydrogens is 348 g/mol. The number of rotatable bonds is 12. The van der Waals surface area contributed by atoms with E-state index in [1.165, 1.54) is 63.5 Å². The summed E-state index contributed by atoms with van der Waals surface area (Å²) in [7, 11) is 0. The lowest BCUT2D eigenvalue weighted by molar-refractivity contribution is -0.671. The van der Waals surface area contributed by atoms with Gasteiger partial charge in [-0.1, -0.05) is 56.0 Å². The normalized spacial score (nSPS) is 9.76. The van der Waals surface area contributed by atoms with Crippen molar-refractivity contribution < 1.29 is 40.4 Å². The predicted octanol–water partition coefficient (Wildman–Crippen LogP) is -3.88. The fraction of sp³-hybridized carbons (Fsp3) is 0.647. The maximum absolute atomic E-state index is 3.88. The second-order valence-electron chi connectivity index (χ2n) is 5.45. The molecule has 0 bridgehead atoms. The summed E-state index contributed by atoms with van der Waals surface area (Å²) >= 11 is 0. The van der Waals surface area contributed by atoms with Crippen molar-refractivity contribution in [1.29, 1.82) is 0 Å². The first-order valence-corrected chi connectivity index (χ1v) is 8.08. The van der Waals surface area contributed by atoms with E-state index in [0.29, 0.717) is 0 Å². The summed E-state index contributed by atoms with van der Waals surface area (Å²) < 4.78 is 0. The summed E-state index contributed by atoms with van der Waals surface area (Å²) in [6, 6.07) is 10.8. The Hall–Kier alpha value is -0.0900. The molecule has 0 radical (unpaired) electrons. The van der Waals surface area contributed by atoms with Gasteiger partial charge in [0, 0.05) is 5.56 Å². The highest BCUT2D eigenvalue weighted by atomic mass is 79.9. The molecule has 0 spiro atoms. The standard InChI is InChI=1S/C17H30N2.BrH.ClH/c18-14-10-5-3-1-2-4-6-11-15-19-16-17-12-8-7-9-13-17;;/h7-9,12-13,19H,1-6,10-11,14-16,18H2;2*1H. The van der Waals surface area contributed by atoms with Gasteiger partial charge in [-0.3, -0.25) is 0 Å². The number of benzene rings is 1. The fourth-order valence-corrected chi connectivity index (χ4v) is 2.41. The van der Waals surface area contributed by atoms with Crippen molar-refractivity contribution >= 4 is 0 Å². The lowest BCUT2D eigenvalue weighted by Gasteiger charge is -2.03. The third-order valence-electron chi connectivity index (χ3n) is 3.63. The van der Waals surface area contributed by atoms with Crippen LogP contribution in [-0.2, 0) is 6.54 Å². The molecule has 1 aromatic carbocycles. The minimum absolute atomic E-state index is 0. The maximum Gasteiger partial charge on any atom is 0.101 e. The molecule has 0 heterocycles. The predicted molar refractivity (Wildman–Crippen MR) is 81.6 cm³/mol. The van der Waals surface area contributed by atoms with Gasteiger partial charge in [0.1, 0.15) is 6.54 Å². The van der Waals surface area contributed by atoms with Crippen LogP contribution in [0.5, 0.6) is 0 Å². The minimum atomic E-state index is 0. The third kappa shape index (κ3) is 14.6. The average molecular weight is 380 g/mol. The summed E-state index contributed by atoms with van der Waals surface area (Å²) in [6.07, 6.45) is 11.2. The van der Waals surface area contributed by atoms with Crippen LogP contribution in [0.25, 0.3) is 0 Å². The summed E-state index contributed by atoms with van der Waals surface area (Å²) in [6.45, 7) is 3.51. The van der Waals surface area contributed by atoms with Crippen LogP contribution in [0, 0.1) is 0 Å². The smallest absolute Gasteiger partial charge is 0.101 e. The van der Waals surface area contributed by atoms with Crippen molar-refractivity contribution in [2.45, 2.75) is 57.9 Å². The molecule has 0 aromatic heterocycles. The highest BCUT2D eigenvalue weighted by Crippen LogP contribution is 2.07. The van der Waals surface area contributed by atoms with Gasteiger partial charge in [0.15, 0.2) is 0 Å². The Labute approximate surface area is 147 Å². The van der Waals surface area contributed by atoms with Crippen LogP contribution in [0.2, 0.25) is 0 Å². The molecule has 0 aliphatic heterocycles. The van der Waals surface area contributed by atoms with Crippen LogP contribution in [0.1, 0.15) is 56.9 Å². The van der Waals surface area contributed by atoms with Crippen LogP contribution < -0.4 is 40.4 Å². The van der Waals surface area contributed by atoms with Crippen LogP contribution >= 0.6 is 0 Å². The quantitative estimate of drug-likeness (QED) is 0.349. The monoisotopic (exact) mass is 378 g/mol. The number of nitrogens with two attached hydrogens (primary N) is 1. The van der Waals surface area contributed by atoms with E-state index in [0.717, 1.165) is 13.1 Å². The number of hydrogen-bond donors (Lipinski definition) is 2. The molecule has 21 heavy (non-hydrogen) atoms. The van der Waals surface area contributed by atoms with E-state index in [1.54, 1.807) is 0 Å². The van der Waals surface area contributed by atoms with Crippen LogP contribution in [-0.4, -0.2) is 13.1 Å².